The summed E-state index contributed by atoms with van der Waals surface area (Å²) < 4.78 is 4.86. The van der Waals surface area contributed by atoms with Crippen LogP contribution in [-0.2, 0) is 4.74 Å². The quantitative estimate of drug-likeness (QED) is 0.797. The Balaban J connectivity index is 2.42. The number of esters is 1. The Labute approximate surface area is 91.2 Å². The molecular weight excluding hydrogens is 216 g/mol. The number of pyridine rings is 1. The molecule has 0 amide bonds. The third kappa shape index (κ3) is 1.94. The number of nitrogens with one attached hydrogen (secondary N) is 1. The van der Waals surface area contributed by atoms with Crippen molar-refractivity contribution in [2.24, 2.45) is 0 Å². The van der Waals surface area contributed by atoms with Crippen LogP contribution in [0.3, 0.4) is 0 Å². The second kappa shape index (κ2) is 3.90. The molecule has 0 aliphatic heterocycles. The lowest BCUT2D eigenvalue weighted by Gasteiger charge is -1.96. The number of hydrogen-bond donors (Lipinski definition) is 1. The van der Waals surface area contributed by atoms with Crippen LogP contribution in [0.2, 0.25) is 5.02 Å². The standard InChI is InChI=1S/C10H9ClN2O2/c1-2-15-10(14)9-4-7-8(13-9)3-6(11)5-12-7/h3-5,13H,2H2,1H3. The molecule has 2 rings (SSSR count). The van der Waals surface area contributed by atoms with E-state index in [-0.39, 0.29) is 5.97 Å². The summed E-state index contributed by atoms with van der Waals surface area (Å²) in [7, 11) is 0. The molecule has 0 bridgehead atoms. The van der Waals surface area contributed by atoms with Crippen molar-refractivity contribution in [3.63, 3.8) is 0 Å². The Morgan fingerprint density at radius 3 is 3.13 bits per heavy atom. The van der Waals surface area contributed by atoms with Crippen molar-refractivity contribution in [1.82, 2.24) is 9.97 Å². The monoisotopic (exact) mass is 224 g/mol. The average Bonchev–Trinajstić information content (AvgIpc) is 2.60. The third-order valence-corrected chi connectivity index (χ3v) is 2.14. The van der Waals surface area contributed by atoms with Crippen molar-refractivity contribution in [3.05, 3.63) is 29.0 Å². The highest BCUT2D eigenvalue weighted by Crippen LogP contribution is 2.17. The predicted molar refractivity (Wildman–Crippen MR) is 57.1 cm³/mol. The zero-order valence-electron chi connectivity index (χ0n) is 8.08. The Bertz CT molecular complexity index is 507. The van der Waals surface area contributed by atoms with Crippen molar-refractivity contribution in [1.29, 1.82) is 0 Å². The van der Waals surface area contributed by atoms with Crippen LogP contribution in [-0.4, -0.2) is 22.5 Å². The van der Waals surface area contributed by atoms with Gasteiger partial charge in [0.25, 0.3) is 0 Å². The number of H-pyrrole nitrogens is 1. The number of fused-ring (bicyclic) bond motifs is 1. The summed E-state index contributed by atoms with van der Waals surface area (Å²) in [6.45, 7) is 2.11. The lowest BCUT2D eigenvalue weighted by atomic mass is 10.4. The molecule has 0 aromatic carbocycles. The number of hydrogen-bond acceptors (Lipinski definition) is 3. The van der Waals surface area contributed by atoms with Gasteiger partial charge in [-0.05, 0) is 19.1 Å². The first-order chi connectivity index (χ1) is 7.20. The van der Waals surface area contributed by atoms with Gasteiger partial charge < -0.3 is 9.72 Å². The first kappa shape index (κ1) is 9.98. The van der Waals surface area contributed by atoms with E-state index in [9.17, 15) is 4.79 Å². The lowest BCUT2D eigenvalue weighted by molar-refractivity contribution is 0.0520. The molecule has 78 valence electrons. The van der Waals surface area contributed by atoms with Gasteiger partial charge in [-0.1, -0.05) is 11.6 Å². The first-order valence-electron chi connectivity index (χ1n) is 4.52. The van der Waals surface area contributed by atoms with Crippen LogP contribution in [0.5, 0.6) is 0 Å². The Morgan fingerprint density at radius 2 is 2.40 bits per heavy atom. The molecule has 0 atom stereocenters. The van der Waals surface area contributed by atoms with Gasteiger partial charge in [0.2, 0.25) is 0 Å². The smallest absolute Gasteiger partial charge is 0.354 e. The van der Waals surface area contributed by atoms with Crippen LogP contribution in [0.1, 0.15) is 17.4 Å². The number of carbonyl (C=O) groups is 1. The topological polar surface area (TPSA) is 55.0 Å². The number of nitrogens with zero attached hydrogens (tertiary/aromatic N) is 1. The average molecular weight is 225 g/mol. The largest absolute Gasteiger partial charge is 0.461 e. The lowest BCUT2D eigenvalue weighted by Crippen LogP contribution is -2.04. The highest BCUT2D eigenvalue weighted by Gasteiger charge is 2.10. The molecule has 0 saturated carbocycles. The molecule has 4 nitrogen and oxygen atoms in total. The molecule has 1 N–H and O–H groups in total. The molecular formula is C10H9ClN2O2. The van der Waals surface area contributed by atoms with Gasteiger partial charge in [0.1, 0.15) is 5.69 Å². The van der Waals surface area contributed by atoms with Crippen LogP contribution >= 0.6 is 11.6 Å². The normalized spacial score (nSPS) is 10.5. The minimum Gasteiger partial charge on any atom is -0.461 e. The van der Waals surface area contributed by atoms with Crippen LogP contribution in [0, 0.1) is 0 Å². The fourth-order valence-electron chi connectivity index (χ4n) is 1.30. The van der Waals surface area contributed by atoms with Gasteiger partial charge in [-0.2, -0.15) is 0 Å². The van der Waals surface area contributed by atoms with Crippen molar-refractivity contribution in [2.75, 3.05) is 6.61 Å². The molecule has 0 radical (unpaired) electrons. The van der Waals surface area contributed by atoms with E-state index in [1.807, 2.05) is 0 Å². The van der Waals surface area contributed by atoms with E-state index in [2.05, 4.69) is 9.97 Å². The van der Waals surface area contributed by atoms with Crippen molar-refractivity contribution in [2.45, 2.75) is 6.92 Å². The van der Waals surface area contributed by atoms with Gasteiger partial charge >= 0.3 is 5.97 Å². The van der Waals surface area contributed by atoms with Crippen molar-refractivity contribution >= 4 is 28.6 Å². The number of aromatic amines is 1. The summed E-state index contributed by atoms with van der Waals surface area (Å²) in [5.74, 6) is -0.383. The third-order valence-electron chi connectivity index (χ3n) is 1.93. The number of carbonyl (C=O) groups excluding carboxylic acids is 1. The Hall–Kier alpha value is -1.55. The maximum Gasteiger partial charge on any atom is 0.354 e. The molecule has 0 spiro atoms. The minimum atomic E-state index is -0.383. The summed E-state index contributed by atoms with van der Waals surface area (Å²) in [4.78, 5) is 18.4. The number of halogens is 1. The van der Waals surface area contributed by atoms with Crippen LogP contribution in [0.15, 0.2) is 18.3 Å². The number of rotatable bonds is 2. The molecule has 0 aliphatic carbocycles. The maximum atomic E-state index is 11.4. The second-order valence-corrected chi connectivity index (χ2v) is 3.43. The highest BCUT2D eigenvalue weighted by atomic mass is 35.5. The molecule has 2 aromatic rings. The van der Waals surface area contributed by atoms with Gasteiger partial charge in [-0.15, -0.1) is 0 Å². The number of aromatic nitrogens is 2. The minimum absolute atomic E-state index is 0.350. The number of ether oxygens (including phenoxy) is 1. The molecule has 2 heterocycles. The van der Waals surface area contributed by atoms with Crippen LogP contribution < -0.4 is 0 Å². The molecule has 15 heavy (non-hydrogen) atoms. The van der Waals surface area contributed by atoms with Gasteiger partial charge in [0.15, 0.2) is 0 Å². The van der Waals surface area contributed by atoms with E-state index in [1.165, 1.54) is 6.20 Å². The van der Waals surface area contributed by atoms with Crippen molar-refractivity contribution in [3.8, 4) is 0 Å². The van der Waals surface area contributed by atoms with Crippen LogP contribution in [0.4, 0.5) is 0 Å². The van der Waals surface area contributed by atoms with Gasteiger partial charge in [0.05, 0.1) is 22.7 Å². The Kier molecular flexibility index (Phi) is 2.60. The molecule has 0 unspecified atom stereocenters. The van der Waals surface area contributed by atoms with E-state index < -0.39 is 0 Å². The molecule has 0 saturated heterocycles. The summed E-state index contributed by atoms with van der Waals surface area (Å²) in [5.41, 5.74) is 1.81. The molecule has 2 aromatic heterocycles. The fourth-order valence-corrected chi connectivity index (χ4v) is 1.46. The van der Waals surface area contributed by atoms with E-state index >= 15 is 0 Å². The zero-order chi connectivity index (χ0) is 10.8. The van der Waals surface area contributed by atoms with Crippen molar-refractivity contribution < 1.29 is 9.53 Å². The van der Waals surface area contributed by atoms with E-state index in [4.69, 9.17) is 16.3 Å². The SMILES string of the molecule is CCOC(=O)c1cc2ncc(Cl)cc2[nH]1. The second-order valence-electron chi connectivity index (χ2n) is 2.99. The Morgan fingerprint density at radius 1 is 1.60 bits per heavy atom. The summed E-state index contributed by atoms with van der Waals surface area (Å²) in [6, 6.07) is 3.36. The molecule has 0 fully saturated rings. The summed E-state index contributed by atoms with van der Waals surface area (Å²) >= 11 is 5.77. The zero-order valence-corrected chi connectivity index (χ0v) is 8.84. The first-order valence-corrected chi connectivity index (χ1v) is 4.90. The molecule has 0 aliphatic rings. The van der Waals surface area contributed by atoms with E-state index in [0.717, 1.165) is 5.52 Å². The highest BCUT2D eigenvalue weighted by molar-refractivity contribution is 6.31. The van der Waals surface area contributed by atoms with Gasteiger partial charge in [-0.25, -0.2) is 4.79 Å². The summed E-state index contributed by atoms with van der Waals surface area (Å²) in [6.07, 6.45) is 1.53. The predicted octanol–water partition coefficient (Wildman–Crippen LogP) is 2.39. The van der Waals surface area contributed by atoms with Gasteiger partial charge in [-0.3, -0.25) is 4.98 Å². The molecule has 5 heteroatoms. The van der Waals surface area contributed by atoms with Gasteiger partial charge in [0, 0.05) is 6.20 Å². The van der Waals surface area contributed by atoms with Crippen LogP contribution in [0.25, 0.3) is 11.0 Å². The maximum absolute atomic E-state index is 11.4. The fraction of sp³-hybridized carbons (Fsp3) is 0.200. The van der Waals surface area contributed by atoms with E-state index in [0.29, 0.717) is 22.8 Å². The van der Waals surface area contributed by atoms with E-state index in [1.54, 1.807) is 19.1 Å². The summed E-state index contributed by atoms with van der Waals surface area (Å²) in [5, 5.41) is 0.528.